The second-order valence-electron chi connectivity index (χ2n) is 6.90. The first-order valence-corrected chi connectivity index (χ1v) is 10.4. The fraction of sp³-hybridized carbons (Fsp3) is 0.182. The van der Waals surface area contributed by atoms with Gasteiger partial charge in [-0.1, -0.05) is 12.1 Å². The number of non-ortho nitro benzene ring substituents is 1. The van der Waals surface area contributed by atoms with Crippen molar-refractivity contribution in [1.29, 1.82) is 0 Å². The van der Waals surface area contributed by atoms with Crippen LogP contribution in [0, 0.1) is 15.9 Å². The van der Waals surface area contributed by atoms with Crippen LogP contribution in [0.3, 0.4) is 0 Å². The number of carbonyl (C=O) groups excluding carboxylic acids is 2. The first-order chi connectivity index (χ1) is 15.2. The average molecular weight is 458 g/mol. The minimum atomic E-state index is -0.618. The van der Waals surface area contributed by atoms with Crippen molar-refractivity contribution in [2.45, 2.75) is 20.0 Å². The molecule has 0 saturated carbocycles. The number of halogens is 1. The molecule has 8 nitrogen and oxygen atoms in total. The van der Waals surface area contributed by atoms with Crippen LogP contribution < -0.4 is 10.1 Å². The first-order valence-electron chi connectivity index (χ1n) is 9.50. The molecule has 0 aliphatic carbocycles. The molecule has 3 aromatic rings. The number of carbonyl (C=O) groups is 2. The summed E-state index contributed by atoms with van der Waals surface area (Å²) in [6.07, 6.45) is -0.377. The Bertz CT molecular complexity index is 1130. The lowest BCUT2D eigenvalue weighted by atomic mass is 10.0. The van der Waals surface area contributed by atoms with Gasteiger partial charge in [0, 0.05) is 23.1 Å². The van der Waals surface area contributed by atoms with Crippen molar-refractivity contribution in [2.75, 3.05) is 11.9 Å². The van der Waals surface area contributed by atoms with Gasteiger partial charge in [0.1, 0.15) is 22.1 Å². The van der Waals surface area contributed by atoms with Gasteiger partial charge in [-0.15, -0.1) is 11.3 Å². The molecule has 0 bridgehead atoms. The van der Waals surface area contributed by atoms with Crippen molar-refractivity contribution in [3.05, 3.63) is 75.4 Å². The average Bonchev–Trinajstić information content (AvgIpc) is 3.16. The number of amides is 1. The SMILES string of the molecule is CC(C)OC(=O)c1c(-c2ccc(F)cc2)csc1NC(=O)COc1ccc([N+](=O)[O-])cc1. The Balaban J connectivity index is 1.77. The molecule has 0 atom stereocenters. The summed E-state index contributed by atoms with van der Waals surface area (Å²) in [5, 5.41) is 15.3. The Morgan fingerprint density at radius 2 is 1.78 bits per heavy atom. The van der Waals surface area contributed by atoms with Gasteiger partial charge >= 0.3 is 5.97 Å². The maximum Gasteiger partial charge on any atom is 0.342 e. The number of esters is 1. The lowest BCUT2D eigenvalue weighted by Crippen LogP contribution is -2.21. The minimum absolute atomic E-state index is 0.0954. The summed E-state index contributed by atoms with van der Waals surface area (Å²) in [5.41, 5.74) is 1.18. The van der Waals surface area contributed by atoms with Crippen LogP contribution in [0.1, 0.15) is 24.2 Å². The molecule has 1 heterocycles. The van der Waals surface area contributed by atoms with E-state index in [1.54, 1.807) is 19.2 Å². The number of rotatable bonds is 8. The molecule has 166 valence electrons. The second kappa shape index (κ2) is 10.0. The Kier molecular flexibility index (Phi) is 7.16. The van der Waals surface area contributed by atoms with Gasteiger partial charge in [0.05, 0.1) is 11.0 Å². The van der Waals surface area contributed by atoms with E-state index in [2.05, 4.69) is 5.32 Å². The van der Waals surface area contributed by atoms with Crippen molar-refractivity contribution in [3.8, 4) is 16.9 Å². The predicted octanol–water partition coefficient (Wildman–Crippen LogP) is 5.05. The largest absolute Gasteiger partial charge is 0.484 e. The topological polar surface area (TPSA) is 108 Å². The number of anilines is 1. The Morgan fingerprint density at radius 1 is 1.12 bits per heavy atom. The first kappa shape index (κ1) is 22.9. The summed E-state index contributed by atoms with van der Waals surface area (Å²) in [6, 6.07) is 10.9. The van der Waals surface area contributed by atoms with Crippen LogP contribution in [0.15, 0.2) is 53.9 Å². The molecule has 1 aromatic heterocycles. The van der Waals surface area contributed by atoms with Crippen LogP contribution in [-0.2, 0) is 9.53 Å². The van der Waals surface area contributed by atoms with E-state index < -0.39 is 22.6 Å². The summed E-state index contributed by atoms with van der Waals surface area (Å²) >= 11 is 1.13. The molecule has 0 unspecified atom stereocenters. The number of hydrogen-bond acceptors (Lipinski definition) is 7. The number of nitrogens with one attached hydrogen (secondary N) is 1. The zero-order valence-corrected chi connectivity index (χ0v) is 18.0. The third kappa shape index (κ3) is 5.67. The molecule has 10 heteroatoms. The van der Waals surface area contributed by atoms with Crippen LogP contribution in [0.25, 0.3) is 11.1 Å². The lowest BCUT2D eigenvalue weighted by Gasteiger charge is -2.12. The minimum Gasteiger partial charge on any atom is -0.484 e. The molecular formula is C22H19FN2O6S. The zero-order chi connectivity index (χ0) is 23.3. The number of thiophene rings is 1. The van der Waals surface area contributed by atoms with E-state index in [9.17, 15) is 24.1 Å². The molecule has 32 heavy (non-hydrogen) atoms. The zero-order valence-electron chi connectivity index (χ0n) is 17.2. The van der Waals surface area contributed by atoms with Gasteiger partial charge in [-0.25, -0.2) is 9.18 Å². The third-order valence-corrected chi connectivity index (χ3v) is 5.06. The van der Waals surface area contributed by atoms with E-state index in [4.69, 9.17) is 9.47 Å². The summed E-state index contributed by atoms with van der Waals surface area (Å²) in [6.45, 7) is 3.04. The lowest BCUT2D eigenvalue weighted by molar-refractivity contribution is -0.384. The van der Waals surface area contributed by atoms with Crippen LogP contribution >= 0.6 is 11.3 Å². The molecule has 0 saturated heterocycles. The number of nitrogens with zero attached hydrogens (tertiary/aromatic N) is 1. The van der Waals surface area contributed by atoms with Gasteiger partial charge in [-0.2, -0.15) is 0 Å². The van der Waals surface area contributed by atoms with Gasteiger partial charge in [0.25, 0.3) is 11.6 Å². The molecule has 0 fully saturated rings. The molecule has 3 rings (SSSR count). The fourth-order valence-electron chi connectivity index (χ4n) is 2.74. The summed E-state index contributed by atoms with van der Waals surface area (Å²) in [7, 11) is 0. The number of ether oxygens (including phenoxy) is 2. The third-order valence-electron chi connectivity index (χ3n) is 4.16. The molecule has 2 aromatic carbocycles. The van der Waals surface area contributed by atoms with Crippen LogP contribution in [-0.4, -0.2) is 29.5 Å². The number of hydrogen-bond donors (Lipinski definition) is 1. The van der Waals surface area contributed by atoms with Crippen molar-refractivity contribution in [3.63, 3.8) is 0 Å². The summed E-state index contributed by atoms with van der Waals surface area (Å²) < 4.78 is 24.0. The maximum atomic E-state index is 13.3. The van der Waals surface area contributed by atoms with E-state index in [-0.39, 0.29) is 34.7 Å². The monoisotopic (exact) mass is 458 g/mol. The van der Waals surface area contributed by atoms with Crippen LogP contribution in [0.2, 0.25) is 0 Å². The highest BCUT2D eigenvalue weighted by atomic mass is 32.1. The van der Waals surface area contributed by atoms with Crippen molar-refractivity contribution >= 4 is 33.9 Å². The molecule has 1 N–H and O–H groups in total. The molecule has 0 aliphatic heterocycles. The maximum absolute atomic E-state index is 13.3. The van der Waals surface area contributed by atoms with E-state index in [1.165, 1.54) is 48.5 Å². The van der Waals surface area contributed by atoms with Gasteiger partial charge in [-0.3, -0.25) is 14.9 Å². The molecule has 1 amide bonds. The predicted molar refractivity (Wildman–Crippen MR) is 117 cm³/mol. The standard InChI is InChI=1S/C22H19FN2O6S/c1-13(2)31-22(27)20-18(14-3-5-15(23)6-4-14)12-32-21(20)24-19(26)11-30-17-9-7-16(8-10-17)25(28)29/h3-10,12-13H,11H2,1-2H3,(H,24,26). The van der Waals surface area contributed by atoms with Crippen molar-refractivity contribution < 1.29 is 28.4 Å². The van der Waals surface area contributed by atoms with E-state index in [0.29, 0.717) is 11.1 Å². The van der Waals surface area contributed by atoms with Crippen molar-refractivity contribution in [1.82, 2.24) is 0 Å². The number of nitro groups is 1. The van der Waals surface area contributed by atoms with Crippen molar-refractivity contribution in [2.24, 2.45) is 0 Å². The van der Waals surface area contributed by atoms with E-state index in [0.717, 1.165) is 11.3 Å². The number of nitro benzene ring substituents is 1. The quantitative estimate of drug-likeness (QED) is 0.288. The molecule has 0 aliphatic rings. The van der Waals surface area contributed by atoms with Gasteiger partial charge < -0.3 is 14.8 Å². The Labute approximate surface area is 186 Å². The van der Waals surface area contributed by atoms with Gasteiger partial charge in [-0.05, 0) is 43.7 Å². The Hall–Kier alpha value is -3.79. The highest BCUT2D eigenvalue weighted by molar-refractivity contribution is 7.15. The second-order valence-corrected chi connectivity index (χ2v) is 7.78. The van der Waals surface area contributed by atoms with Crippen LogP contribution in [0.4, 0.5) is 15.1 Å². The smallest absolute Gasteiger partial charge is 0.342 e. The van der Waals surface area contributed by atoms with E-state index >= 15 is 0 Å². The molecular weight excluding hydrogens is 439 g/mol. The fourth-order valence-corrected chi connectivity index (χ4v) is 3.72. The molecule has 0 spiro atoms. The Morgan fingerprint density at radius 3 is 2.38 bits per heavy atom. The highest BCUT2D eigenvalue weighted by Gasteiger charge is 2.24. The van der Waals surface area contributed by atoms with Gasteiger partial charge in [0.2, 0.25) is 0 Å². The highest BCUT2D eigenvalue weighted by Crippen LogP contribution is 2.36. The molecule has 0 radical (unpaired) electrons. The van der Waals surface area contributed by atoms with Crippen LogP contribution in [0.5, 0.6) is 5.75 Å². The summed E-state index contributed by atoms with van der Waals surface area (Å²) in [4.78, 5) is 35.3. The van der Waals surface area contributed by atoms with Gasteiger partial charge in [0.15, 0.2) is 6.61 Å². The normalized spacial score (nSPS) is 10.6. The summed E-state index contributed by atoms with van der Waals surface area (Å²) in [5.74, 6) is -1.28. The number of benzene rings is 2. The van der Waals surface area contributed by atoms with E-state index in [1.807, 2.05) is 0 Å².